The number of nitrogens with zero attached hydrogens (tertiary/aromatic N) is 1. The number of rotatable bonds is 3. The molecule has 0 radical (unpaired) electrons. The van der Waals surface area contributed by atoms with Crippen LogP contribution in [0.4, 0.5) is 0 Å². The number of aliphatic imine (C=N–C) groups is 1. The molecule has 0 bridgehead atoms. The van der Waals surface area contributed by atoms with Crippen LogP contribution in [0.2, 0.25) is 0 Å². The Kier molecular flexibility index (Phi) is 4.82. The van der Waals surface area contributed by atoms with E-state index in [1.807, 2.05) is 0 Å². The van der Waals surface area contributed by atoms with Crippen LogP contribution in [-0.4, -0.2) is 11.2 Å². The van der Waals surface area contributed by atoms with Crippen molar-refractivity contribution in [1.29, 1.82) is 0 Å². The molecule has 0 unspecified atom stereocenters. The van der Waals surface area contributed by atoms with E-state index in [1.54, 1.807) is 0 Å². The highest BCUT2D eigenvalue weighted by Crippen LogP contribution is 1.99. The second-order valence-electron chi connectivity index (χ2n) is 1.69. The van der Waals surface area contributed by atoms with E-state index in [0.717, 1.165) is 12.8 Å². The maximum Gasteiger partial charge on any atom is 0.0597 e. The predicted molar refractivity (Wildman–Crippen MR) is 39.4 cm³/mol. The van der Waals surface area contributed by atoms with E-state index < -0.39 is 0 Å². The highest BCUT2D eigenvalue weighted by atomic mass is 32.1. The maximum atomic E-state index is 4.44. The molecule has 0 saturated carbocycles. The summed E-state index contributed by atoms with van der Waals surface area (Å²) >= 11 is 4.44. The average Bonchev–Trinajstić information content (AvgIpc) is 1.83. The van der Waals surface area contributed by atoms with E-state index in [1.165, 1.54) is 0 Å². The van der Waals surface area contributed by atoms with Crippen molar-refractivity contribution < 1.29 is 0 Å². The Morgan fingerprint density at radius 2 is 2.00 bits per heavy atom. The van der Waals surface area contributed by atoms with E-state index in [-0.39, 0.29) is 0 Å². The highest BCUT2D eigenvalue weighted by Gasteiger charge is 1.95. The maximum absolute atomic E-state index is 4.44. The van der Waals surface area contributed by atoms with Crippen LogP contribution < -0.4 is 0 Å². The van der Waals surface area contributed by atoms with Crippen molar-refractivity contribution in [3.05, 3.63) is 0 Å². The van der Waals surface area contributed by atoms with Crippen molar-refractivity contribution in [2.24, 2.45) is 4.99 Å². The van der Waals surface area contributed by atoms with Crippen molar-refractivity contribution in [2.45, 2.75) is 32.7 Å². The van der Waals surface area contributed by atoms with Crippen molar-refractivity contribution in [1.82, 2.24) is 0 Å². The van der Waals surface area contributed by atoms with Crippen molar-refractivity contribution in [2.75, 3.05) is 0 Å². The number of isothiocyanates is 1. The molecule has 0 aliphatic rings. The highest BCUT2D eigenvalue weighted by molar-refractivity contribution is 7.78. The van der Waals surface area contributed by atoms with Gasteiger partial charge < -0.3 is 0 Å². The molecule has 1 nitrogen and oxygen atoms in total. The topological polar surface area (TPSA) is 12.4 Å². The zero-order valence-electron chi connectivity index (χ0n) is 5.35. The van der Waals surface area contributed by atoms with Crippen LogP contribution in [-0.2, 0) is 0 Å². The van der Waals surface area contributed by atoms with E-state index in [4.69, 9.17) is 0 Å². The predicted octanol–water partition coefficient (Wildman–Crippen LogP) is 2.28. The summed E-state index contributed by atoms with van der Waals surface area (Å²) in [4.78, 5) is 3.93. The Labute approximate surface area is 55.8 Å². The summed E-state index contributed by atoms with van der Waals surface area (Å²) < 4.78 is 0. The molecule has 0 aromatic heterocycles. The molecule has 0 atom stereocenters. The Morgan fingerprint density at radius 3 is 2.12 bits per heavy atom. The van der Waals surface area contributed by atoms with Gasteiger partial charge in [-0.05, 0) is 25.1 Å². The molecule has 0 spiro atoms. The third-order valence-electron chi connectivity index (χ3n) is 1.18. The minimum atomic E-state index is 0.410. The first-order valence-electron chi connectivity index (χ1n) is 2.92. The lowest BCUT2D eigenvalue weighted by atomic mass is 10.2. The number of hydrogen-bond donors (Lipinski definition) is 0. The number of hydrogen-bond acceptors (Lipinski definition) is 2. The molecule has 0 fully saturated rings. The molecule has 0 aromatic rings. The van der Waals surface area contributed by atoms with Crippen molar-refractivity contribution >= 4 is 17.4 Å². The van der Waals surface area contributed by atoms with Crippen molar-refractivity contribution in [3.8, 4) is 0 Å². The van der Waals surface area contributed by atoms with Gasteiger partial charge in [0.15, 0.2) is 0 Å². The molecule has 0 aliphatic heterocycles. The first-order chi connectivity index (χ1) is 3.85. The standard InChI is InChI=1S/C6H11NS/c1-3-6(4-2)7-5-8/h6H,3-4H2,1-2H3. The van der Waals surface area contributed by atoms with Gasteiger partial charge in [-0.25, -0.2) is 4.99 Å². The van der Waals surface area contributed by atoms with E-state index in [0.29, 0.717) is 6.04 Å². The van der Waals surface area contributed by atoms with Gasteiger partial charge in [0.2, 0.25) is 0 Å². The van der Waals surface area contributed by atoms with E-state index in [9.17, 15) is 0 Å². The molecule has 0 aromatic carbocycles. The smallest absolute Gasteiger partial charge is 0.0597 e. The summed E-state index contributed by atoms with van der Waals surface area (Å²) in [6, 6.07) is 0.410. The van der Waals surface area contributed by atoms with Gasteiger partial charge in [-0.1, -0.05) is 13.8 Å². The Hall–Kier alpha value is -0.200. The summed E-state index contributed by atoms with van der Waals surface area (Å²) in [5.41, 5.74) is 0. The molecule has 0 amide bonds. The zero-order chi connectivity index (χ0) is 6.41. The third-order valence-corrected chi connectivity index (χ3v) is 1.28. The normalized spacial score (nSPS) is 8.88. The fourth-order valence-electron chi connectivity index (χ4n) is 0.546. The quantitative estimate of drug-likeness (QED) is 0.420. The fraction of sp³-hybridized carbons (Fsp3) is 0.833. The molecular weight excluding hydrogens is 118 g/mol. The van der Waals surface area contributed by atoms with Crippen LogP contribution in [0.1, 0.15) is 26.7 Å². The lowest BCUT2D eigenvalue weighted by Gasteiger charge is -1.99. The lowest BCUT2D eigenvalue weighted by molar-refractivity contribution is 0.636. The van der Waals surface area contributed by atoms with Crippen molar-refractivity contribution in [3.63, 3.8) is 0 Å². The van der Waals surface area contributed by atoms with E-state index in [2.05, 4.69) is 36.2 Å². The Bertz CT molecular complexity index is 90.7. The van der Waals surface area contributed by atoms with Gasteiger partial charge >= 0.3 is 0 Å². The minimum absolute atomic E-state index is 0.410. The van der Waals surface area contributed by atoms with Gasteiger partial charge in [0.05, 0.1) is 11.2 Å². The Balaban J connectivity index is 3.52. The largest absolute Gasteiger partial charge is 0.229 e. The summed E-state index contributed by atoms with van der Waals surface area (Å²) in [5.74, 6) is 0. The molecular formula is C6H11NS. The van der Waals surface area contributed by atoms with Crippen LogP contribution >= 0.6 is 12.2 Å². The second kappa shape index (κ2) is 4.95. The van der Waals surface area contributed by atoms with Crippen LogP contribution in [0.3, 0.4) is 0 Å². The first kappa shape index (κ1) is 7.80. The summed E-state index contributed by atoms with van der Waals surface area (Å²) in [7, 11) is 0. The SMILES string of the molecule is CCC(CC)N=C=S. The molecule has 0 rings (SSSR count). The minimum Gasteiger partial charge on any atom is -0.229 e. The van der Waals surface area contributed by atoms with Crippen LogP contribution in [0.25, 0.3) is 0 Å². The van der Waals surface area contributed by atoms with Crippen LogP contribution in [0.15, 0.2) is 4.99 Å². The van der Waals surface area contributed by atoms with Gasteiger partial charge in [0, 0.05) is 0 Å². The van der Waals surface area contributed by atoms with E-state index >= 15 is 0 Å². The van der Waals surface area contributed by atoms with Gasteiger partial charge in [0.1, 0.15) is 0 Å². The third kappa shape index (κ3) is 2.89. The first-order valence-corrected chi connectivity index (χ1v) is 3.32. The molecule has 0 saturated heterocycles. The molecule has 0 heterocycles. The summed E-state index contributed by atoms with van der Waals surface area (Å²) in [5, 5.41) is 2.38. The lowest BCUT2D eigenvalue weighted by Crippen LogP contribution is -1.97. The Morgan fingerprint density at radius 1 is 1.50 bits per heavy atom. The monoisotopic (exact) mass is 129 g/mol. The fourth-order valence-corrected chi connectivity index (χ4v) is 0.695. The molecule has 46 valence electrons. The average molecular weight is 129 g/mol. The van der Waals surface area contributed by atoms with Gasteiger partial charge in [-0.2, -0.15) is 0 Å². The van der Waals surface area contributed by atoms with Gasteiger partial charge in [-0.15, -0.1) is 0 Å². The summed E-state index contributed by atoms with van der Waals surface area (Å²) in [6.07, 6.45) is 2.14. The van der Waals surface area contributed by atoms with Gasteiger partial charge in [-0.3, -0.25) is 0 Å². The second-order valence-corrected chi connectivity index (χ2v) is 1.87. The molecule has 0 aliphatic carbocycles. The summed E-state index contributed by atoms with van der Waals surface area (Å²) in [6.45, 7) is 4.20. The van der Waals surface area contributed by atoms with Gasteiger partial charge in [0.25, 0.3) is 0 Å². The molecule has 2 heteroatoms. The molecule has 0 N–H and O–H groups in total. The molecule has 8 heavy (non-hydrogen) atoms. The number of thiocarbonyl (C=S) groups is 1. The van der Waals surface area contributed by atoms with Crippen LogP contribution in [0.5, 0.6) is 0 Å². The zero-order valence-corrected chi connectivity index (χ0v) is 6.16. The van der Waals surface area contributed by atoms with Crippen LogP contribution in [0, 0.1) is 0 Å².